The number of quaternary nitrogens is 1. The Morgan fingerprint density at radius 1 is 0.545 bits per heavy atom. The van der Waals surface area contributed by atoms with Crippen molar-refractivity contribution in [3.05, 3.63) is 12.2 Å². The Morgan fingerprint density at radius 3 is 1.33 bits per heavy atom. The molecule has 0 saturated heterocycles. The summed E-state index contributed by atoms with van der Waals surface area (Å²) in [6.45, 7) is 5.06. The Kier molecular flexibility index (Phi) is 19.5. The van der Waals surface area contributed by atoms with Gasteiger partial charge in [-0.1, -0.05) is 44.8 Å². The zero-order valence-electron chi connectivity index (χ0n) is 20.8. The SMILES string of the molecule is CCCCC/C=C/CCCCCCC[N+](CCCC(=O)O)(CCCC(=O)O)CCCC(=O)O. The van der Waals surface area contributed by atoms with Gasteiger partial charge in [0.1, 0.15) is 0 Å². The van der Waals surface area contributed by atoms with E-state index in [9.17, 15) is 14.4 Å². The van der Waals surface area contributed by atoms with Crippen LogP contribution in [0, 0.1) is 0 Å². The molecule has 0 aromatic rings. The van der Waals surface area contributed by atoms with Gasteiger partial charge in [0.2, 0.25) is 0 Å². The lowest BCUT2D eigenvalue weighted by atomic mass is 10.1. The fourth-order valence-electron chi connectivity index (χ4n) is 4.36. The number of aliphatic carboxylic acids is 3. The zero-order valence-corrected chi connectivity index (χ0v) is 20.8. The van der Waals surface area contributed by atoms with Gasteiger partial charge in [-0.05, 0) is 38.5 Å². The van der Waals surface area contributed by atoms with Gasteiger partial charge >= 0.3 is 17.9 Å². The fourth-order valence-corrected chi connectivity index (χ4v) is 4.36. The van der Waals surface area contributed by atoms with Crippen molar-refractivity contribution in [1.82, 2.24) is 0 Å². The third kappa shape index (κ3) is 20.4. The summed E-state index contributed by atoms with van der Waals surface area (Å²) < 4.78 is 0.633. The number of carbonyl (C=O) groups is 3. The van der Waals surface area contributed by atoms with Gasteiger partial charge in [-0.2, -0.15) is 0 Å². The van der Waals surface area contributed by atoms with E-state index >= 15 is 0 Å². The second-order valence-corrected chi connectivity index (χ2v) is 9.25. The number of allylic oxidation sites excluding steroid dienone is 2. The smallest absolute Gasteiger partial charge is 0.303 e. The van der Waals surface area contributed by atoms with Crippen molar-refractivity contribution >= 4 is 17.9 Å². The van der Waals surface area contributed by atoms with Gasteiger partial charge < -0.3 is 19.8 Å². The van der Waals surface area contributed by atoms with E-state index in [0.717, 1.165) is 32.2 Å². The highest BCUT2D eigenvalue weighted by molar-refractivity contribution is 5.67. The Balaban J connectivity index is 4.55. The van der Waals surface area contributed by atoms with Crippen LogP contribution in [-0.4, -0.2) is 63.9 Å². The molecule has 0 rings (SSSR count). The molecule has 0 aromatic carbocycles. The van der Waals surface area contributed by atoms with Crippen LogP contribution in [0.15, 0.2) is 12.2 Å². The van der Waals surface area contributed by atoms with Crippen molar-refractivity contribution < 1.29 is 34.2 Å². The van der Waals surface area contributed by atoms with Gasteiger partial charge in [0.25, 0.3) is 0 Å². The molecule has 0 spiro atoms. The van der Waals surface area contributed by atoms with Gasteiger partial charge in [0, 0.05) is 19.3 Å². The average molecular weight is 471 g/mol. The molecule has 192 valence electrons. The summed E-state index contributed by atoms with van der Waals surface area (Å²) >= 11 is 0. The monoisotopic (exact) mass is 470 g/mol. The Hall–Kier alpha value is -1.89. The summed E-state index contributed by atoms with van der Waals surface area (Å²) in [6, 6.07) is 0. The first kappa shape index (κ1) is 31.1. The second-order valence-electron chi connectivity index (χ2n) is 9.25. The van der Waals surface area contributed by atoms with E-state index in [2.05, 4.69) is 19.1 Å². The highest BCUT2D eigenvalue weighted by Crippen LogP contribution is 2.18. The first-order valence-electron chi connectivity index (χ1n) is 13.0. The molecule has 0 aromatic heterocycles. The molecule has 33 heavy (non-hydrogen) atoms. The molecule has 0 saturated carbocycles. The molecular formula is C26H48NO6+. The van der Waals surface area contributed by atoms with E-state index in [0.29, 0.717) is 43.4 Å². The van der Waals surface area contributed by atoms with Crippen LogP contribution < -0.4 is 0 Å². The molecular weight excluding hydrogens is 422 g/mol. The summed E-state index contributed by atoms with van der Waals surface area (Å²) in [5.74, 6) is -2.49. The fraction of sp³-hybridized carbons (Fsp3) is 0.808. The van der Waals surface area contributed by atoms with Crippen LogP contribution in [0.1, 0.15) is 110 Å². The third-order valence-corrected chi connectivity index (χ3v) is 6.21. The van der Waals surface area contributed by atoms with E-state index in [1.165, 1.54) is 38.5 Å². The van der Waals surface area contributed by atoms with Crippen LogP contribution in [-0.2, 0) is 14.4 Å². The molecule has 0 heterocycles. The van der Waals surface area contributed by atoms with E-state index < -0.39 is 17.9 Å². The summed E-state index contributed by atoms with van der Waals surface area (Å²) in [4.78, 5) is 33.0. The van der Waals surface area contributed by atoms with Gasteiger partial charge in [-0.3, -0.25) is 14.4 Å². The van der Waals surface area contributed by atoms with Crippen molar-refractivity contribution in [2.45, 2.75) is 110 Å². The number of carboxylic acid groups (broad SMARTS) is 3. The highest BCUT2D eigenvalue weighted by Gasteiger charge is 2.27. The highest BCUT2D eigenvalue weighted by atomic mass is 16.4. The minimum atomic E-state index is -0.830. The minimum Gasteiger partial charge on any atom is -0.481 e. The molecule has 3 N–H and O–H groups in total. The summed E-state index contributed by atoms with van der Waals surface area (Å²) in [6.07, 6.45) is 18.2. The average Bonchev–Trinajstić information content (AvgIpc) is 2.73. The zero-order chi connectivity index (χ0) is 24.8. The lowest BCUT2D eigenvalue weighted by Gasteiger charge is -2.39. The van der Waals surface area contributed by atoms with E-state index in [4.69, 9.17) is 15.3 Å². The summed E-state index contributed by atoms with van der Waals surface area (Å²) in [7, 11) is 0. The number of hydrogen-bond acceptors (Lipinski definition) is 3. The first-order valence-corrected chi connectivity index (χ1v) is 13.0. The molecule has 0 aliphatic heterocycles. The quantitative estimate of drug-likeness (QED) is 0.0923. The normalized spacial score (nSPS) is 11.8. The molecule has 0 radical (unpaired) electrons. The van der Waals surface area contributed by atoms with Gasteiger partial charge in [0.05, 0.1) is 45.4 Å². The van der Waals surface area contributed by atoms with Crippen LogP contribution in [0.5, 0.6) is 0 Å². The number of nitrogens with zero attached hydrogens (tertiary/aromatic N) is 1. The number of rotatable bonds is 24. The molecule has 0 aliphatic carbocycles. The van der Waals surface area contributed by atoms with Crippen molar-refractivity contribution in [1.29, 1.82) is 0 Å². The summed E-state index contributed by atoms with van der Waals surface area (Å²) in [5.41, 5.74) is 0. The second kappa shape index (κ2) is 20.7. The maximum atomic E-state index is 11.0. The Labute approximate surface area is 200 Å². The minimum absolute atomic E-state index is 0.0871. The lowest BCUT2D eigenvalue weighted by Crippen LogP contribution is -2.51. The van der Waals surface area contributed by atoms with Crippen molar-refractivity contribution in [3.63, 3.8) is 0 Å². The number of carboxylic acids is 3. The lowest BCUT2D eigenvalue weighted by molar-refractivity contribution is -0.929. The van der Waals surface area contributed by atoms with Gasteiger partial charge in [-0.15, -0.1) is 0 Å². The maximum Gasteiger partial charge on any atom is 0.303 e. The van der Waals surface area contributed by atoms with Gasteiger partial charge in [0.15, 0.2) is 0 Å². The molecule has 0 amide bonds. The summed E-state index contributed by atoms with van der Waals surface area (Å²) in [5, 5.41) is 27.1. The van der Waals surface area contributed by atoms with E-state index in [-0.39, 0.29) is 19.3 Å². The van der Waals surface area contributed by atoms with Crippen LogP contribution in [0.25, 0.3) is 0 Å². The van der Waals surface area contributed by atoms with E-state index in [1.807, 2.05) is 0 Å². The molecule has 7 nitrogen and oxygen atoms in total. The topological polar surface area (TPSA) is 112 Å². The molecule has 0 fully saturated rings. The third-order valence-electron chi connectivity index (χ3n) is 6.21. The maximum absolute atomic E-state index is 11.0. The van der Waals surface area contributed by atoms with E-state index in [1.54, 1.807) is 0 Å². The molecule has 0 bridgehead atoms. The first-order chi connectivity index (χ1) is 15.8. The molecule has 7 heteroatoms. The van der Waals surface area contributed by atoms with Crippen LogP contribution in [0.2, 0.25) is 0 Å². The molecule has 0 unspecified atom stereocenters. The predicted octanol–water partition coefficient (Wildman–Crippen LogP) is 5.87. The number of hydrogen-bond donors (Lipinski definition) is 3. The molecule has 0 atom stereocenters. The van der Waals surface area contributed by atoms with Gasteiger partial charge in [-0.25, -0.2) is 0 Å². The van der Waals surface area contributed by atoms with Crippen LogP contribution >= 0.6 is 0 Å². The Bertz CT molecular complexity index is 511. The number of unbranched alkanes of at least 4 members (excludes halogenated alkanes) is 8. The van der Waals surface area contributed by atoms with Crippen LogP contribution in [0.3, 0.4) is 0 Å². The predicted molar refractivity (Wildman–Crippen MR) is 131 cm³/mol. The standard InChI is InChI=1S/C26H47NO6/c1-2-3-4-5-6-7-8-9-10-11-12-13-20-27(21-14-17-24(28)29,22-15-18-25(30)31)23-16-19-26(32)33/h6-7H,2-5,8-23H2,1H3,(H2-,28,29,30,31,32,33)/p+1/b7-6+. The van der Waals surface area contributed by atoms with Crippen molar-refractivity contribution in [3.8, 4) is 0 Å². The largest absolute Gasteiger partial charge is 0.481 e. The molecule has 0 aliphatic rings. The Morgan fingerprint density at radius 2 is 0.909 bits per heavy atom. The van der Waals surface area contributed by atoms with Crippen molar-refractivity contribution in [2.24, 2.45) is 0 Å². The van der Waals surface area contributed by atoms with Crippen molar-refractivity contribution in [2.75, 3.05) is 26.2 Å². The van der Waals surface area contributed by atoms with Crippen LogP contribution in [0.4, 0.5) is 0 Å².